The molecule has 4 aliphatic heterocycles. The summed E-state index contributed by atoms with van der Waals surface area (Å²) in [5.41, 5.74) is -0.783. The average molecular weight is 610 g/mol. The third-order valence-electron chi connectivity index (χ3n) is 9.17. The number of ether oxygens (including phenoxy) is 3. The zero-order valence-corrected chi connectivity index (χ0v) is 25.6. The number of hydrogen-bond donors (Lipinski definition) is 2. The molecule has 2 fully saturated rings. The van der Waals surface area contributed by atoms with Crippen LogP contribution in [0.5, 0.6) is 0 Å². The molecule has 11 heteroatoms. The van der Waals surface area contributed by atoms with Crippen molar-refractivity contribution in [3.05, 3.63) is 60.2 Å². The summed E-state index contributed by atoms with van der Waals surface area (Å²) in [6.07, 6.45) is 7.54. The number of benzene rings is 1. The van der Waals surface area contributed by atoms with Gasteiger partial charge in [-0.05, 0) is 25.3 Å². The van der Waals surface area contributed by atoms with E-state index in [1.165, 1.54) is 12.0 Å². The fraction of sp³-hybridized carbons (Fsp3) is 0.576. The van der Waals surface area contributed by atoms with Crippen molar-refractivity contribution in [3.63, 3.8) is 0 Å². The lowest BCUT2D eigenvalue weighted by Crippen LogP contribution is -2.57. The third-order valence-corrected chi connectivity index (χ3v) is 9.17. The molecule has 4 aliphatic rings. The fourth-order valence-corrected chi connectivity index (χ4v) is 7.23. The number of β-amino-alcohol motifs (C(OH)–C–C–N with tert-alkyl or cyclic N) is 1. The van der Waals surface area contributed by atoms with E-state index in [1.807, 2.05) is 31.2 Å². The zero-order chi connectivity index (χ0) is 31.4. The van der Waals surface area contributed by atoms with E-state index in [0.717, 1.165) is 12.8 Å². The van der Waals surface area contributed by atoms with E-state index < -0.39 is 53.6 Å². The van der Waals surface area contributed by atoms with Gasteiger partial charge in [0, 0.05) is 32.7 Å². The van der Waals surface area contributed by atoms with Crippen LogP contribution in [0.25, 0.3) is 0 Å². The third kappa shape index (κ3) is 5.80. The number of nitrogens with one attached hydrogen (secondary N) is 1. The Labute approximate surface area is 258 Å². The number of aliphatic hydroxyl groups is 1. The van der Waals surface area contributed by atoms with Crippen molar-refractivity contribution in [2.45, 2.75) is 75.5 Å². The predicted octanol–water partition coefficient (Wildman–Crippen LogP) is 1.91. The Balaban J connectivity index is 1.59. The number of rotatable bonds is 8. The molecule has 0 radical (unpaired) electrons. The number of nitrogens with zero attached hydrogens (tertiary/aromatic N) is 2. The van der Waals surface area contributed by atoms with Crippen LogP contribution in [-0.4, -0.2) is 102 Å². The largest absolute Gasteiger partial charge is 0.455 e. The second kappa shape index (κ2) is 13.6. The van der Waals surface area contributed by atoms with Crippen molar-refractivity contribution >= 4 is 23.7 Å². The number of esters is 1. The van der Waals surface area contributed by atoms with E-state index in [1.54, 1.807) is 35.3 Å². The SMILES string of the molecule is CCCC(C)N1CC=C[C@]23O[C@@H]4/C=C\CCC(=O)N[C@H](COC)[C@@H](c5ccccc5)OC(=O)[C@@H]4[C@H]2C(=O)N(CCO)[C@@H]3C1=O. The average Bonchev–Trinajstić information content (AvgIpc) is 3.38. The van der Waals surface area contributed by atoms with Crippen molar-refractivity contribution in [3.8, 4) is 0 Å². The van der Waals surface area contributed by atoms with Crippen molar-refractivity contribution in [1.82, 2.24) is 15.1 Å². The number of hydrogen-bond acceptors (Lipinski definition) is 8. The number of methoxy groups -OCH3 is 1. The quantitative estimate of drug-likeness (QED) is 0.337. The summed E-state index contributed by atoms with van der Waals surface area (Å²) in [6.45, 7) is 4.04. The number of likely N-dealkylation sites (tertiary alicyclic amines) is 1. The van der Waals surface area contributed by atoms with Crippen LogP contribution in [0.3, 0.4) is 0 Å². The van der Waals surface area contributed by atoms with Crippen molar-refractivity contribution in [2.24, 2.45) is 11.8 Å². The van der Waals surface area contributed by atoms with E-state index in [2.05, 4.69) is 12.2 Å². The molecule has 1 aromatic carbocycles. The summed E-state index contributed by atoms with van der Waals surface area (Å²) in [7, 11) is 1.51. The first-order chi connectivity index (χ1) is 21.3. The first-order valence-electron chi connectivity index (χ1n) is 15.5. The Morgan fingerprint density at radius 3 is 2.61 bits per heavy atom. The number of allylic oxidation sites excluding steroid dienone is 1. The molecule has 11 nitrogen and oxygen atoms in total. The lowest BCUT2D eigenvalue weighted by atomic mass is 9.77. The smallest absolute Gasteiger partial charge is 0.313 e. The molecule has 5 rings (SSSR count). The van der Waals surface area contributed by atoms with Crippen LogP contribution in [0.4, 0.5) is 0 Å². The lowest BCUT2D eigenvalue weighted by Gasteiger charge is -2.37. The number of carbonyl (C=O) groups is 4. The van der Waals surface area contributed by atoms with Crippen LogP contribution < -0.4 is 5.32 Å². The highest BCUT2D eigenvalue weighted by molar-refractivity contribution is 5.99. The number of cyclic esters (lactones) is 1. The van der Waals surface area contributed by atoms with E-state index in [-0.39, 0.29) is 44.0 Å². The minimum atomic E-state index is -1.44. The van der Waals surface area contributed by atoms with Crippen LogP contribution in [0.2, 0.25) is 0 Å². The van der Waals surface area contributed by atoms with Gasteiger partial charge in [0.1, 0.15) is 23.7 Å². The summed E-state index contributed by atoms with van der Waals surface area (Å²) in [4.78, 5) is 58.9. The molecule has 1 spiro atoms. The van der Waals surface area contributed by atoms with Gasteiger partial charge in [-0.2, -0.15) is 0 Å². The predicted molar refractivity (Wildman–Crippen MR) is 160 cm³/mol. The minimum Gasteiger partial charge on any atom is -0.455 e. The zero-order valence-electron chi connectivity index (χ0n) is 25.6. The maximum atomic E-state index is 14.3. The van der Waals surface area contributed by atoms with Crippen LogP contribution >= 0.6 is 0 Å². The van der Waals surface area contributed by atoms with Gasteiger partial charge in [0.25, 0.3) is 0 Å². The lowest BCUT2D eigenvalue weighted by molar-refractivity contribution is -0.162. The fourth-order valence-electron chi connectivity index (χ4n) is 7.23. The molecule has 0 bridgehead atoms. The first-order valence-corrected chi connectivity index (χ1v) is 15.5. The van der Waals surface area contributed by atoms with Crippen molar-refractivity contribution in [2.75, 3.05) is 33.4 Å². The summed E-state index contributed by atoms with van der Waals surface area (Å²) in [6, 6.07) is 7.26. The molecule has 4 heterocycles. The topological polar surface area (TPSA) is 135 Å². The molecule has 8 atom stereocenters. The van der Waals surface area contributed by atoms with E-state index in [0.29, 0.717) is 18.5 Å². The Morgan fingerprint density at radius 1 is 1.14 bits per heavy atom. The summed E-state index contributed by atoms with van der Waals surface area (Å²) in [5, 5.41) is 12.9. The van der Waals surface area contributed by atoms with Gasteiger partial charge in [-0.25, -0.2) is 0 Å². The second-order valence-corrected chi connectivity index (χ2v) is 12.0. The van der Waals surface area contributed by atoms with Crippen molar-refractivity contribution in [1.29, 1.82) is 0 Å². The molecule has 1 unspecified atom stereocenters. The maximum absolute atomic E-state index is 14.3. The Morgan fingerprint density at radius 2 is 1.91 bits per heavy atom. The van der Waals surface area contributed by atoms with E-state index in [9.17, 15) is 24.3 Å². The van der Waals surface area contributed by atoms with E-state index in [4.69, 9.17) is 14.2 Å². The number of amides is 3. The highest BCUT2D eigenvalue weighted by atomic mass is 16.6. The highest BCUT2D eigenvalue weighted by Crippen LogP contribution is 2.53. The van der Waals surface area contributed by atoms with Crippen molar-refractivity contribution < 1.29 is 38.5 Å². The Hall–Kier alpha value is -3.54. The molecule has 0 aliphatic carbocycles. The highest BCUT2D eigenvalue weighted by Gasteiger charge is 2.71. The molecule has 0 aromatic heterocycles. The molecule has 0 saturated carbocycles. The second-order valence-electron chi connectivity index (χ2n) is 12.0. The molecular weight excluding hydrogens is 566 g/mol. The monoisotopic (exact) mass is 609 g/mol. The molecule has 2 N–H and O–H groups in total. The molecule has 238 valence electrons. The molecular formula is C33H43N3O8. The number of carbonyl (C=O) groups excluding carboxylic acids is 4. The summed E-state index contributed by atoms with van der Waals surface area (Å²) in [5.74, 6) is -3.74. The Bertz CT molecular complexity index is 1280. The first kappa shape index (κ1) is 31.9. The standard InChI is InChI=1S/C33H43N3O8/c1-4-11-21(2)35-17-10-16-33-27(30(39)36(18-19-37)29(33)31(35)40)26-24(44-33)14-8-9-15-25(38)34-23(20-42-3)28(43-32(26)41)22-12-6-5-7-13-22/h5-8,10,12-14,16,21,23-24,26-29,37H,4,9,11,15,17-20H2,1-3H3,(H,34,38)/b14-8-/t21?,23-,24-,26+,27+,28-,29-,33+/m1/s1. The maximum Gasteiger partial charge on any atom is 0.313 e. The van der Waals surface area contributed by atoms with Crippen LogP contribution in [0, 0.1) is 11.8 Å². The van der Waals surface area contributed by atoms with E-state index >= 15 is 0 Å². The van der Waals surface area contributed by atoms with Crippen LogP contribution in [0.1, 0.15) is 51.2 Å². The van der Waals surface area contributed by atoms with Crippen LogP contribution in [0.15, 0.2) is 54.6 Å². The van der Waals surface area contributed by atoms with Gasteiger partial charge in [-0.15, -0.1) is 0 Å². The minimum absolute atomic E-state index is 0.0719. The number of aliphatic hydroxyl groups excluding tert-OH is 1. The normalized spacial score (nSPS) is 33.7. The van der Waals surface area contributed by atoms with Gasteiger partial charge in [-0.1, -0.05) is 68.0 Å². The van der Waals surface area contributed by atoms with Gasteiger partial charge in [0.05, 0.1) is 31.3 Å². The summed E-state index contributed by atoms with van der Waals surface area (Å²) < 4.78 is 18.3. The van der Waals surface area contributed by atoms with Gasteiger partial charge in [0.15, 0.2) is 0 Å². The van der Waals surface area contributed by atoms with Gasteiger partial charge < -0.3 is 34.4 Å². The molecule has 3 amide bonds. The van der Waals surface area contributed by atoms with Crippen LogP contribution in [-0.2, 0) is 33.4 Å². The number of fused-ring (bicyclic) bond motifs is 2. The molecule has 44 heavy (non-hydrogen) atoms. The van der Waals surface area contributed by atoms with Gasteiger partial charge in [-0.3, -0.25) is 19.2 Å². The molecule has 2 saturated heterocycles. The molecule has 1 aromatic rings. The van der Waals surface area contributed by atoms with Gasteiger partial charge in [0.2, 0.25) is 17.7 Å². The van der Waals surface area contributed by atoms with Gasteiger partial charge >= 0.3 is 5.97 Å². The Kier molecular flexibility index (Phi) is 9.87. The summed E-state index contributed by atoms with van der Waals surface area (Å²) >= 11 is 0.